The molecular weight excluding hydrogens is 332 g/mol. The third-order valence-electron chi connectivity index (χ3n) is 4.05. The lowest BCUT2D eigenvalue weighted by atomic mass is 10.2. The third kappa shape index (κ3) is 2.73. The Bertz CT molecular complexity index is 1180. The highest BCUT2D eigenvalue weighted by atomic mass is 16.5. The van der Waals surface area contributed by atoms with Crippen LogP contribution >= 0.6 is 0 Å². The SMILES string of the molecule is Cc1cc(C)c(=O)n(-c2ccc(Oc3ncnc4occc34)cc2C)n1. The minimum Gasteiger partial charge on any atom is -0.446 e. The number of rotatable bonds is 3. The van der Waals surface area contributed by atoms with Gasteiger partial charge in [0.2, 0.25) is 11.6 Å². The molecule has 1 aromatic carbocycles. The van der Waals surface area contributed by atoms with E-state index in [4.69, 9.17) is 9.15 Å². The summed E-state index contributed by atoms with van der Waals surface area (Å²) in [7, 11) is 0. The van der Waals surface area contributed by atoms with Gasteiger partial charge in [-0.1, -0.05) is 0 Å². The lowest BCUT2D eigenvalue weighted by Crippen LogP contribution is -2.24. The highest BCUT2D eigenvalue weighted by Gasteiger charge is 2.12. The molecule has 7 heteroatoms. The van der Waals surface area contributed by atoms with Gasteiger partial charge in [-0.05, 0) is 56.7 Å². The number of benzene rings is 1. The Balaban J connectivity index is 1.73. The van der Waals surface area contributed by atoms with Crippen LogP contribution in [0.1, 0.15) is 16.8 Å². The van der Waals surface area contributed by atoms with Gasteiger partial charge in [-0.25, -0.2) is 9.97 Å². The lowest BCUT2D eigenvalue weighted by molar-refractivity contribution is 0.466. The maximum atomic E-state index is 12.4. The Kier molecular flexibility index (Phi) is 3.76. The molecule has 7 nitrogen and oxygen atoms in total. The second-order valence-electron chi connectivity index (χ2n) is 6.05. The van der Waals surface area contributed by atoms with E-state index in [1.165, 1.54) is 11.0 Å². The first-order valence-electron chi connectivity index (χ1n) is 8.07. The molecule has 0 aliphatic heterocycles. The second-order valence-corrected chi connectivity index (χ2v) is 6.05. The maximum Gasteiger partial charge on any atom is 0.274 e. The average molecular weight is 348 g/mol. The van der Waals surface area contributed by atoms with E-state index < -0.39 is 0 Å². The summed E-state index contributed by atoms with van der Waals surface area (Å²) in [6.07, 6.45) is 2.93. The van der Waals surface area contributed by atoms with Crippen molar-refractivity contribution in [2.75, 3.05) is 0 Å². The molecule has 0 radical (unpaired) electrons. The number of hydrogen-bond donors (Lipinski definition) is 0. The Morgan fingerprint density at radius 3 is 2.69 bits per heavy atom. The first-order valence-corrected chi connectivity index (χ1v) is 8.07. The first-order chi connectivity index (χ1) is 12.5. The van der Waals surface area contributed by atoms with Crippen LogP contribution in [0, 0.1) is 20.8 Å². The zero-order valence-corrected chi connectivity index (χ0v) is 14.6. The fraction of sp³-hybridized carbons (Fsp3) is 0.158. The molecule has 0 unspecified atom stereocenters. The fourth-order valence-electron chi connectivity index (χ4n) is 2.83. The number of ether oxygens (including phenoxy) is 1. The predicted molar refractivity (Wildman–Crippen MR) is 95.9 cm³/mol. The van der Waals surface area contributed by atoms with Crippen LogP contribution in [0.15, 0.2) is 52.1 Å². The summed E-state index contributed by atoms with van der Waals surface area (Å²) in [5.41, 5.74) is 3.34. The van der Waals surface area contributed by atoms with Gasteiger partial charge in [0.25, 0.3) is 5.56 Å². The van der Waals surface area contributed by atoms with E-state index in [2.05, 4.69) is 15.1 Å². The first kappa shape index (κ1) is 16.0. The van der Waals surface area contributed by atoms with Crippen LogP contribution < -0.4 is 10.3 Å². The minimum atomic E-state index is -0.136. The van der Waals surface area contributed by atoms with E-state index >= 15 is 0 Å². The molecule has 0 amide bonds. The number of aryl methyl sites for hydroxylation is 3. The molecule has 3 aromatic heterocycles. The van der Waals surface area contributed by atoms with Crippen molar-refractivity contribution in [2.45, 2.75) is 20.8 Å². The van der Waals surface area contributed by atoms with E-state index in [1.807, 2.05) is 26.0 Å². The van der Waals surface area contributed by atoms with Gasteiger partial charge in [0.1, 0.15) is 17.5 Å². The Labute approximate surface area is 148 Å². The smallest absolute Gasteiger partial charge is 0.274 e. The van der Waals surface area contributed by atoms with Crippen molar-refractivity contribution in [1.29, 1.82) is 0 Å². The largest absolute Gasteiger partial charge is 0.446 e. The van der Waals surface area contributed by atoms with Gasteiger partial charge < -0.3 is 9.15 Å². The van der Waals surface area contributed by atoms with E-state index in [9.17, 15) is 4.79 Å². The molecule has 0 spiro atoms. The number of aromatic nitrogens is 4. The van der Waals surface area contributed by atoms with Gasteiger partial charge in [-0.2, -0.15) is 9.78 Å². The fourth-order valence-corrected chi connectivity index (χ4v) is 2.83. The van der Waals surface area contributed by atoms with Gasteiger partial charge in [-0.3, -0.25) is 4.79 Å². The number of nitrogens with zero attached hydrogens (tertiary/aromatic N) is 4. The molecule has 0 fully saturated rings. The van der Waals surface area contributed by atoms with E-state index in [0.717, 1.165) is 11.3 Å². The van der Waals surface area contributed by atoms with Gasteiger partial charge >= 0.3 is 0 Å². The van der Waals surface area contributed by atoms with Crippen LogP contribution in [0.2, 0.25) is 0 Å². The Morgan fingerprint density at radius 2 is 1.88 bits per heavy atom. The van der Waals surface area contributed by atoms with Crippen molar-refractivity contribution in [1.82, 2.24) is 19.7 Å². The van der Waals surface area contributed by atoms with Crippen LogP contribution in [0.5, 0.6) is 11.6 Å². The Hall–Kier alpha value is -3.48. The quantitative estimate of drug-likeness (QED) is 0.564. The monoisotopic (exact) mass is 348 g/mol. The van der Waals surface area contributed by atoms with Crippen LogP contribution in [-0.2, 0) is 0 Å². The zero-order chi connectivity index (χ0) is 18.3. The number of furan rings is 1. The van der Waals surface area contributed by atoms with Crippen LogP contribution in [0.25, 0.3) is 16.8 Å². The summed E-state index contributed by atoms with van der Waals surface area (Å²) in [5, 5.41) is 5.04. The molecule has 4 aromatic rings. The Morgan fingerprint density at radius 1 is 1.04 bits per heavy atom. The molecule has 26 heavy (non-hydrogen) atoms. The molecule has 0 saturated heterocycles. The van der Waals surface area contributed by atoms with Crippen molar-refractivity contribution in [2.24, 2.45) is 0 Å². The summed E-state index contributed by atoms with van der Waals surface area (Å²) >= 11 is 0. The van der Waals surface area contributed by atoms with Crippen LogP contribution in [0.4, 0.5) is 0 Å². The normalized spacial score (nSPS) is 11.0. The molecule has 0 saturated carbocycles. The molecule has 3 heterocycles. The van der Waals surface area contributed by atoms with Crippen molar-refractivity contribution in [3.63, 3.8) is 0 Å². The van der Waals surface area contributed by atoms with Gasteiger partial charge in [0.05, 0.1) is 17.6 Å². The molecule has 0 N–H and O–H groups in total. The van der Waals surface area contributed by atoms with E-state index in [-0.39, 0.29) is 5.56 Å². The van der Waals surface area contributed by atoms with Gasteiger partial charge in [-0.15, -0.1) is 0 Å². The summed E-state index contributed by atoms with van der Waals surface area (Å²) in [6.45, 7) is 5.55. The zero-order valence-electron chi connectivity index (χ0n) is 14.6. The topological polar surface area (TPSA) is 83.0 Å². The average Bonchev–Trinajstić information content (AvgIpc) is 3.08. The van der Waals surface area contributed by atoms with Crippen molar-refractivity contribution in [3.05, 3.63) is 70.1 Å². The highest BCUT2D eigenvalue weighted by Crippen LogP contribution is 2.28. The number of fused-ring (bicyclic) bond motifs is 1. The second kappa shape index (κ2) is 6.11. The standard InChI is InChI=1S/C19H16N4O3/c1-11-9-14(26-18-15-6-7-25-17(15)20-10-21-18)4-5-16(11)23-19(24)12(2)8-13(3)22-23/h4-10H,1-3H3. The molecule has 130 valence electrons. The molecule has 0 aliphatic carbocycles. The summed E-state index contributed by atoms with van der Waals surface area (Å²) in [4.78, 5) is 20.6. The molecule has 4 rings (SSSR count). The molecule has 0 aliphatic rings. The van der Waals surface area contributed by atoms with Gasteiger partial charge in [0.15, 0.2) is 0 Å². The molecule has 0 bridgehead atoms. The van der Waals surface area contributed by atoms with E-state index in [0.29, 0.717) is 34.0 Å². The molecular formula is C19H16N4O3. The lowest BCUT2D eigenvalue weighted by Gasteiger charge is -2.12. The highest BCUT2D eigenvalue weighted by molar-refractivity contribution is 5.78. The maximum absolute atomic E-state index is 12.4. The van der Waals surface area contributed by atoms with Crippen molar-refractivity contribution >= 4 is 11.1 Å². The minimum absolute atomic E-state index is 0.136. The molecule has 0 atom stereocenters. The number of hydrogen-bond acceptors (Lipinski definition) is 6. The van der Waals surface area contributed by atoms with Crippen molar-refractivity contribution in [3.8, 4) is 17.3 Å². The van der Waals surface area contributed by atoms with Crippen molar-refractivity contribution < 1.29 is 9.15 Å². The predicted octanol–water partition coefficient (Wildman–Crippen LogP) is 3.49. The third-order valence-corrected chi connectivity index (χ3v) is 4.05. The van der Waals surface area contributed by atoms with Crippen LogP contribution in [-0.4, -0.2) is 19.7 Å². The summed E-state index contributed by atoms with van der Waals surface area (Å²) in [6, 6.07) is 8.96. The summed E-state index contributed by atoms with van der Waals surface area (Å²) < 4.78 is 12.6. The van der Waals surface area contributed by atoms with Gasteiger partial charge in [0, 0.05) is 5.56 Å². The summed E-state index contributed by atoms with van der Waals surface area (Å²) in [5.74, 6) is 1.02. The van der Waals surface area contributed by atoms with E-state index in [1.54, 1.807) is 31.4 Å². The van der Waals surface area contributed by atoms with Crippen LogP contribution in [0.3, 0.4) is 0 Å².